The third-order valence-electron chi connectivity index (χ3n) is 3.95. The second kappa shape index (κ2) is 11.3. The van der Waals surface area contributed by atoms with Gasteiger partial charge in [0.15, 0.2) is 0 Å². The van der Waals surface area contributed by atoms with E-state index >= 15 is 0 Å². The predicted octanol–water partition coefficient (Wildman–Crippen LogP) is 5.08. The van der Waals surface area contributed by atoms with Gasteiger partial charge in [-0.25, -0.2) is 0 Å². The molecule has 0 heterocycles. The third kappa shape index (κ3) is 7.24. The number of carbonyl (C=O) groups excluding carboxylic acids is 1. The first-order valence-corrected chi connectivity index (χ1v) is 9.77. The predicted molar refractivity (Wildman–Crippen MR) is 109 cm³/mol. The summed E-state index contributed by atoms with van der Waals surface area (Å²) in [5.74, 6) is 1.33. The Morgan fingerprint density at radius 3 is 2.36 bits per heavy atom. The molecule has 0 bridgehead atoms. The molecule has 5 nitrogen and oxygen atoms in total. The van der Waals surface area contributed by atoms with Gasteiger partial charge in [0.1, 0.15) is 18.1 Å². The van der Waals surface area contributed by atoms with E-state index in [4.69, 9.17) is 18.9 Å². The average Bonchev–Trinajstić information content (AvgIpc) is 2.66. The molecule has 0 aliphatic carbocycles. The average molecular weight is 386 g/mol. The lowest BCUT2D eigenvalue weighted by Crippen LogP contribution is -2.13. The summed E-state index contributed by atoms with van der Waals surface area (Å²) in [6.07, 6.45) is 0.0180. The molecular weight excluding hydrogens is 356 g/mol. The second-order valence-electron chi connectivity index (χ2n) is 6.62. The first-order chi connectivity index (χ1) is 13.5. The van der Waals surface area contributed by atoms with Crippen molar-refractivity contribution in [2.24, 2.45) is 0 Å². The summed E-state index contributed by atoms with van der Waals surface area (Å²) in [7, 11) is 0. The van der Waals surface area contributed by atoms with Crippen molar-refractivity contribution in [1.82, 2.24) is 0 Å². The molecule has 152 valence electrons. The quantitative estimate of drug-likeness (QED) is 0.504. The normalized spacial score (nSPS) is 11.9. The molecule has 2 aromatic carbocycles. The maximum atomic E-state index is 11.8. The SMILES string of the molecule is CCOC(=O)CC(OCC)c1ccc(OCc2cccc(OC(C)C)c2)cc1. The molecule has 2 aromatic rings. The Labute approximate surface area is 167 Å². The molecule has 0 aliphatic rings. The molecule has 0 aromatic heterocycles. The van der Waals surface area contributed by atoms with Gasteiger partial charge < -0.3 is 18.9 Å². The van der Waals surface area contributed by atoms with Gasteiger partial charge in [0.05, 0.1) is 25.2 Å². The summed E-state index contributed by atoms with van der Waals surface area (Å²) in [6.45, 7) is 9.05. The summed E-state index contributed by atoms with van der Waals surface area (Å²) in [5.41, 5.74) is 1.96. The van der Waals surface area contributed by atoms with Crippen molar-refractivity contribution in [3.05, 3.63) is 59.7 Å². The minimum Gasteiger partial charge on any atom is -0.491 e. The largest absolute Gasteiger partial charge is 0.491 e. The number of carbonyl (C=O) groups is 1. The number of hydrogen-bond donors (Lipinski definition) is 0. The molecule has 0 fully saturated rings. The van der Waals surface area contributed by atoms with Crippen LogP contribution < -0.4 is 9.47 Å². The van der Waals surface area contributed by atoms with Crippen molar-refractivity contribution < 1.29 is 23.7 Å². The van der Waals surface area contributed by atoms with Crippen LogP contribution in [0.4, 0.5) is 0 Å². The van der Waals surface area contributed by atoms with Crippen LogP contribution in [0.3, 0.4) is 0 Å². The fraction of sp³-hybridized carbons (Fsp3) is 0.435. The summed E-state index contributed by atoms with van der Waals surface area (Å²) in [4.78, 5) is 11.8. The van der Waals surface area contributed by atoms with E-state index < -0.39 is 0 Å². The minimum atomic E-state index is -0.317. The van der Waals surface area contributed by atoms with Crippen molar-refractivity contribution in [1.29, 1.82) is 0 Å². The van der Waals surface area contributed by atoms with Gasteiger partial charge in [-0.1, -0.05) is 24.3 Å². The van der Waals surface area contributed by atoms with E-state index in [0.29, 0.717) is 19.8 Å². The highest BCUT2D eigenvalue weighted by atomic mass is 16.5. The summed E-state index contributed by atoms with van der Waals surface area (Å²) >= 11 is 0. The van der Waals surface area contributed by atoms with Gasteiger partial charge in [0, 0.05) is 6.61 Å². The highest BCUT2D eigenvalue weighted by Crippen LogP contribution is 2.25. The van der Waals surface area contributed by atoms with E-state index in [0.717, 1.165) is 22.6 Å². The van der Waals surface area contributed by atoms with Gasteiger partial charge in [-0.05, 0) is 63.1 Å². The molecular formula is C23H30O5. The van der Waals surface area contributed by atoms with Crippen molar-refractivity contribution >= 4 is 5.97 Å². The molecule has 0 N–H and O–H groups in total. The fourth-order valence-electron chi connectivity index (χ4n) is 2.77. The van der Waals surface area contributed by atoms with Crippen LogP contribution in [0, 0.1) is 0 Å². The summed E-state index contributed by atoms with van der Waals surface area (Å²) in [5, 5.41) is 0. The number of ether oxygens (including phenoxy) is 4. The lowest BCUT2D eigenvalue weighted by atomic mass is 10.1. The topological polar surface area (TPSA) is 54.0 Å². The van der Waals surface area contributed by atoms with Gasteiger partial charge in [0.2, 0.25) is 0 Å². The molecule has 0 radical (unpaired) electrons. The number of benzene rings is 2. The Morgan fingerprint density at radius 1 is 0.964 bits per heavy atom. The van der Waals surface area contributed by atoms with Crippen LogP contribution in [-0.2, 0) is 20.9 Å². The highest BCUT2D eigenvalue weighted by molar-refractivity contribution is 5.70. The number of esters is 1. The van der Waals surface area contributed by atoms with Gasteiger partial charge >= 0.3 is 5.97 Å². The first kappa shape index (κ1) is 21.8. The van der Waals surface area contributed by atoms with Crippen LogP contribution in [0.25, 0.3) is 0 Å². The maximum absolute atomic E-state index is 11.8. The van der Waals surface area contributed by atoms with Gasteiger partial charge in [-0.3, -0.25) is 4.79 Å². The maximum Gasteiger partial charge on any atom is 0.308 e. The van der Waals surface area contributed by atoms with Gasteiger partial charge in [-0.2, -0.15) is 0 Å². The van der Waals surface area contributed by atoms with Crippen molar-refractivity contribution in [3.8, 4) is 11.5 Å². The third-order valence-corrected chi connectivity index (χ3v) is 3.95. The van der Waals surface area contributed by atoms with Crippen molar-refractivity contribution in [3.63, 3.8) is 0 Å². The minimum absolute atomic E-state index is 0.136. The molecule has 2 rings (SSSR count). The van der Waals surface area contributed by atoms with E-state index in [9.17, 15) is 4.79 Å². The van der Waals surface area contributed by atoms with E-state index in [-0.39, 0.29) is 24.6 Å². The Kier molecular flexibility index (Phi) is 8.82. The van der Waals surface area contributed by atoms with Crippen LogP contribution in [0.2, 0.25) is 0 Å². The molecule has 0 saturated carbocycles. The molecule has 1 unspecified atom stereocenters. The molecule has 0 saturated heterocycles. The Morgan fingerprint density at radius 2 is 1.71 bits per heavy atom. The highest BCUT2D eigenvalue weighted by Gasteiger charge is 2.17. The van der Waals surface area contributed by atoms with E-state index in [2.05, 4.69) is 0 Å². The summed E-state index contributed by atoms with van der Waals surface area (Å²) in [6, 6.07) is 15.5. The van der Waals surface area contributed by atoms with Crippen LogP contribution in [-0.4, -0.2) is 25.3 Å². The van der Waals surface area contributed by atoms with Gasteiger partial charge in [0.25, 0.3) is 0 Å². The smallest absolute Gasteiger partial charge is 0.308 e. The Hall–Kier alpha value is -2.53. The second-order valence-corrected chi connectivity index (χ2v) is 6.62. The van der Waals surface area contributed by atoms with Crippen LogP contribution in [0.15, 0.2) is 48.5 Å². The lowest BCUT2D eigenvalue weighted by Gasteiger charge is -2.17. The first-order valence-electron chi connectivity index (χ1n) is 9.77. The molecule has 28 heavy (non-hydrogen) atoms. The summed E-state index contributed by atoms with van der Waals surface area (Å²) < 4.78 is 22.3. The fourth-order valence-corrected chi connectivity index (χ4v) is 2.77. The van der Waals surface area contributed by atoms with Crippen LogP contribution >= 0.6 is 0 Å². The van der Waals surface area contributed by atoms with E-state index in [1.54, 1.807) is 6.92 Å². The Balaban J connectivity index is 1.96. The molecule has 0 spiro atoms. The zero-order valence-electron chi connectivity index (χ0n) is 17.1. The van der Waals surface area contributed by atoms with E-state index in [1.165, 1.54) is 0 Å². The molecule has 0 amide bonds. The number of hydrogen-bond acceptors (Lipinski definition) is 5. The molecule has 1 atom stereocenters. The lowest BCUT2D eigenvalue weighted by molar-refractivity contribution is -0.146. The van der Waals surface area contributed by atoms with Crippen LogP contribution in [0.5, 0.6) is 11.5 Å². The van der Waals surface area contributed by atoms with Crippen LogP contribution in [0.1, 0.15) is 51.3 Å². The van der Waals surface area contributed by atoms with E-state index in [1.807, 2.05) is 69.3 Å². The monoisotopic (exact) mass is 386 g/mol. The standard InChI is InChI=1S/C23H30O5/c1-5-25-22(15-23(24)26-6-2)19-10-12-20(13-11-19)27-16-18-8-7-9-21(14-18)28-17(3)4/h7-14,17,22H,5-6,15-16H2,1-4H3. The number of rotatable bonds is 11. The zero-order chi connectivity index (χ0) is 20.4. The Bertz CT molecular complexity index is 724. The van der Waals surface area contributed by atoms with Crippen molar-refractivity contribution in [2.45, 2.75) is 52.9 Å². The zero-order valence-corrected chi connectivity index (χ0v) is 17.1. The van der Waals surface area contributed by atoms with Crippen molar-refractivity contribution in [2.75, 3.05) is 13.2 Å². The molecule has 0 aliphatic heterocycles. The van der Waals surface area contributed by atoms with Gasteiger partial charge in [-0.15, -0.1) is 0 Å². The molecule has 5 heteroatoms.